The van der Waals surface area contributed by atoms with Crippen LogP contribution in [0.4, 0.5) is 0 Å². The molecule has 0 bridgehead atoms. The fraction of sp³-hybridized carbons (Fsp3) is 0.200. The summed E-state index contributed by atoms with van der Waals surface area (Å²) in [4.78, 5) is -0.222. The van der Waals surface area contributed by atoms with Crippen LogP contribution in [0, 0.1) is 6.92 Å². The molecule has 0 saturated heterocycles. The van der Waals surface area contributed by atoms with Crippen LogP contribution in [0.5, 0.6) is 11.5 Å². The van der Waals surface area contributed by atoms with E-state index in [1.165, 1.54) is 12.1 Å². The highest BCUT2D eigenvalue weighted by Crippen LogP contribution is 2.31. The highest BCUT2D eigenvalue weighted by Gasteiger charge is 2.19. The summed E-state index contributed by atoms with van der Waals surface area (Å²) in [6.45, 7) is 1.92. The molecule has 0 aliphatic carbocycles. The fourth-order valence-corrected chi connectivity index (χ4v) is 3.36. The molecule has 2 rings (SSSR count). The minimum absolute atomic E-state index is 0.0656. The molecule has 0 atom stereocenters. The summed E-state index contributed by atoms with van der Waals surface area (Å²) in [5.74, 6) is 0.571. The van der Waals surface area contributed by atoms with Crippen molar-refractivity contribution < 1.29 is 21.6 Å². The highest BCUT2D eigenvalue weighted by atomic mass is 32.2. The molecule has 0 N–H and O–H groups in total. The molecule has 0 aliphatic heterocycles. The average molecular weight is 340 g/mol. The van der Waals surface area contributed by atoms with Crippen molar-refractivity contribution in [2.75, 3.05) is 12.5 Å². The van der Waals surface area contributed by atoms with Gasteiger partial charge in [-0.25, -0.2) is 16.8 Å². The van der Waals surface area contributed by atoms with Crippen LogP contribution in [0.25, 0.3) is 0 Å². The summed E-state index contributed by atoms with van der Waals surface area (Å²) >= 11 is 0. The maximum atomic E-state index is 11.9. The topological polar surface area (TPSA) is 77.5 Å². The number of sulfone groups is 2. The molecular formula is C15H16O5S2. The third-order valence-corrected chi connectivity index (χ3v) is 5.22. The van der Waals surface area contributed by atoms with Gasteiger partial charge < -0.3 is 4.74 Å². The Morgan fingerprint density at radius 2 is 1.41 bits per heavy atom. The standard InChI is InChI=1S/C15H16O5S2/c1-11-4-6-12(7-5-11)20-14-9-8-13(21(2,16)17)10-15(14)22(3,18)19/h4-10H,1-3H3. The van der Waals surface area contributed by atoms with Crippen molar-refractivity contribution in [2.24, 2.45) is 0 Å². The summed E-state index contributed by atoms with van der Waals surface area (Å²) in [7, 11) is -7.13. The van der Waals surface area contributed by atoms with Crippen LogP contribution in [-0.4, -0.2) is 29.3 Å². The number of rotatable bonds is 4. The van der Waals surface area contributed by atoms with E-state index in [1.54, 1.807) is 12.1 Å². The summed E-state index contributed by atoms with van der Waals surface area (Å²) in [5, 5.41) is 0. The molecule has 0 aromatic heterocycles. The quantitative estimate of drug-likeness (QED) is 0.855. The van der Waals surface area contributed by atoms with Gasteiger partial charge in [0.25, 0.3) is 0 Å². The zero-order chi connectivity index (χ0) is 16.5. The molecule has 0 aliphatic rings. The van der Waals surface area contributed by atoms with Gasteiger partial charge in [-0.1, -0.05) is 17.7 Å². The van der Waals surface area contributed by atoms with E-state index >= 15 is 0 Å². The lowest BCUT2D eigenvalue weighted by Crippen LogP contribution is -2.04. The molecule has 2 aromatic carbocycles. The first-order valence-electron chi connectivity index (χ1n) is 6.36. The number of hydrogen-bond donors (Lipinski definition) is 0. The largest absolute Gasteiger partial charge is 0.456 e. The number of ether oxygens (including phenoxy) is 1. The van der Waals surface area contributed by atoms with Gasteiger partial charge in [-0.2, -0.15) is 0 Å². The van der Waals surface area contributed by atoms with E-state index in [1.807, 2.05) is 19.1 Å². The van der Waals surface area contributed by atoms with Crippen LogP contribution in [0.3, 0.4) is 0 Å². The zero-order valence-electron chi connectivity index (χ0n) is 12.4. The predicted molar refractivity (Wildman–Crippen MR) is 83.9 cm³/mol. The Labute approximate surface area is 130 Å². The lowest BCUT2D eigenvalue weighted by molar-refractivity contribution is 0.467. The highest BCUT2D eigenvalue weighted by molar-refractivity contribution is 7.91. The van der Waals surface area contributed by atoms with Crippen molar-refractivity contribution in [3.63, 3.8) is 0 Å². The maximum Gasteiger partial charge on any atom is 0.179 e. The fourth-order valence-electron chi connectivity index (χ4n) is 1.83. The first-order valence-corrected chi connectivity index (χ1v) is 10.1. The van der Waals surface area contributed by atoms with E-state index in [0.29, 0.717) is 5.75 Å². The van der Waals surface area contributed by atoms with Gasteiger partial charge in [0.05, 0.1) is 4.90 Å². The maximum absolute atomic E-state index is 11.9. The van der Waals surface area contributed by atoms with Crippen molar-refractivity contribution in [1.82, 2.24) is 0 Å². The second-order valence-electron chi connectivity index (χ2n) is 5.07. The molecule has 0 spiro atoms. The molecule has 2 aromatic rings. The summed E-state index contributed by atoms with van der Waals surface area (Å²) in [6.07, 6.45) is 2.03. The molecule has 0 heterocycles. The van der Waals surface area contributed by atoms with E-state index in [-0.39, 0.29) is 15.5 Å². The summed E-state index contributed by atoms with van der Waals surface area (Å²) < 4.78 is 52.6. The van der Waals surface area contributed by atoms with Gasteiger partial charge in [-0.3, -0.25) is 0 Å². The normalized spacial score (nSPS) is 12.1. The molecule has 0 saturated carbocycles. The predicted octanol–water partition coefficient (Wildman–Crippen LogP) is 2.59. The van der Waals surface area contributed by atoms with Gasteiger partial charge in [-0.05, 0) is 37.3 Å². The Morgan fingerprint density at radius 3 is 1.91 bits per heavy atom. The Hall–Kier alpha value is -1.86. The second-order valence-corrected chi connectivity index (χ2v) is 9.07. The van der Waals surface area contributed by atoms with Gasteiger partial charge >= 0.3 is 0 Å². The van der Waals surface area contributed by atoms with E-state index in [4.69, 9.17) is 4.74 Å². The molecule has 118 valence electrons. The van der Waals surface area contributed by atoms with Crippen LogP contribution in [0.2, 0.25) is 0 Å². The van der Waals surface area contributed by atoms with Crippen molar-refractivity contribution in [3.05, 3.63) is 48.0 Å². The molecule has 0 fully saturated rings. The Bertz CT molecular complexity index is 895. The summed E-state index contributed by atoms with van der Waals surface area (Å²) in [5.41, 5.74) is 1.04. The molecule has 22 heavy (non-hydrogen) atoms. The van der Waals surface area contributed by atoms with E-state index in [2.05, 4.69) is 0 Å². The Kier molecular flexibility index (Phi) is 4.30. The van der Waals surface area contributed by atoms with Crippen LogP contribution in [-0.2, 0) is 19.7 Å². The van der Waals surface area contributed by atoms with Crippen molar-refractivity contribution in [1.29, 1.82) is 0 Å². The molecule has 0 amide bonds. The van der Waals surface area contributed by atoms with E-state index in [0.717, 1.165) is 24.1 Å². The third kappa shape index (κ3) is 3.86. The Balaban J connectivity index is 2.54. The van der Waals surface area contributed by atoms with E-state index < -0.39 is 19.7 Å². The smallest absolute Gasteiger partial charge is 0.179 e. The average Bonchev–Trinajstić information content (AvgIpc) is 2.39. The number of aryl methyl sites for hydroxylation is 1. The van der Waals surface area contributed by atoms with Crippen LogP contribution >= 0.6 is 0 Å². The number of benzene rings is 2. The molecule has 7 heteroatoms. The first kappa shape index (κ1) is 16.5. The SMILES string of the molecule is Cc1ccc(Oc2ccc(S(C)(=O)=O)cc2S(C)(=O)=O)cc1. The van der Waals surface area contributed by atoms with Crippen LogP contribution in [0.15, 0.2) is 52.3 Å². The van der Waals surface area contributed by atoms with Gasteiger partial charge in [0.15, 0.2) is 19.7 Å². The van der Waals surface area contributed by atoms with Crippen molar-refractivity contribution >= 4 is 19.7 Å². The third-order valence-electron chi connectivity index (χ3n) is 2.99. The van der Waals surface area contributed by atoms with Gasteiger partial charge in [0.1, 0.15) is 16.4 Å². The van der Waals surface area contributed by atoms with Crippen LogP contribution < -0.4 is 4.74 Å². The zero-order valence-corrected chi connectivity index (χ0v) is 14.0. The van der Waals surface area contributed by atoms with Gasteiger partial charge in [-0.15, -0.1) is 0 Å². The van der Waals surface area contributed by atoms with Crippen molar-refractivity contribution in [2.45, 2.75) is 16.7 Å². The first-order chi connectivity index (χ1) is 10.1. The minimum atomic E-state index is -3.63. The monoisotopic (exact) mass is 340 g/mol. The number of hydrogen-bond acceptors (Lipinski definition) is 5. The Morgan fingerprint density at radius 1 is 0.818 bits per heavy atom. The van der Waals surface area contributed by atoms with Gasteiger partial charge in [0, 0.05) is 12.5 Å². The van der Waals surface area contributed by atoms with Gasteiger partial charge in [0.2, 0.25) is 0 Å². The molecular weight excluding hydrogens is 324 g/mol. The molecule has 5 nitrogen and oxygen atoms in total. The van der Waals surface area contributed by atoms with Crippen molar-refractivity contribution in [3.8, 4) is 11.5 Å². The minimum Gasteiger partial charge on any atom is -0.456 e. The van der Waals surface area contributed by atoms with E-state index in [9.17, 15) is 16.8 Å². The van der Waals surface area contributed by atoms with Crippen LogP contribution in [0.1, 0.15) is 5.56 Å². The second kappa shape index (κ2) is 5.73. The lowest BCUT2D eigenvalue weighted by atomic mass is 10.2. The molecule has 0 radical (unpaired) electrons. The summed E-state index contributed by atoms with van der Waals surface area (Å²) in [6, 6.07) is 10.9. The molecule has 0 unspecified atom stereocenters. The lowest BCUT2D eigenvalue weighted by Gasteiger charge is -2.11.